The SMILES string of the molecule is CCCCN(CCCC)C[C@H](O)CN(c1ccccc1)S(=O)(=O)c1ccc(C)cc1. The third-order valence-electron chi connectivity index (χ3n) is 5.15. The van der Waals surface area contributed by atoms with E-state index in [-0.39, 0.29) is 11.4 Å². The molecule has 0 saturated heterocycles. The van der Waals surface area contributed by atoms with E-state index in [1.54, 1.807) is 36.4 Å². The smallest absolute Gasteiger partial charge is 0.264 e. The average Bonchev–Trinajstić information content (AvgIpc) is 2.74. The normalized spacial score (nSPS) is 12.8. The number of sulfonamides is 1. The molecule has 0 fully saturated rings. The molecule has 0 aliphatic carbocycles. The average molecular weight is 433 g/mol. The van der Waals surface area contributed by atoms with Gasteiger partial charge in [0.2, 0.25) is 0 Å². The van der Waals surface area contributed by atoms with Gasteiger partial charge in [-0.05, 0) is 57.1 Å². The molecule has 0 spiro atoms. The third-order valence-corrected chi connectivity index (χ3v) is 6.96. The lowest BCUT2D eigenvalue weighted by molar-refractivity contribution is 0.117. The van der Waals surface area contributed by atoms with Crippen molar-refractivity contribution in [3.8, 4) is 0 Å². The number of aryl methyl sites for hydroxylation is 1. The lowest BCUT2D eigenvalue weighted by atomic mass is 10.2. The van der Waals surface area contributed by atoms with E-state index in [2.05, 4.69) is 18.7 Å². The lowest BCUT2D eigenvalue weighted by Gasteiger charge is -2.30. The third kappa shape index (κ3) is 7.11. The molecular weight excluding hydrogens is 396 g/mol. The topological polar surface area (TPSA) is 60.9 Å². The summed E-state index contributed by atoms with van der Waals surface area (Å²) in [5.74, 6) is 0. The summed E-state index contributed by atoms with van der Waals surface area (Å²) < 4.78 is 28.2. The highest BCUT2D eigenvalue weighted by molar-refractivity contribution is 7.92. The molecule has 1 atom stereocenters. The molecule has 30 heavy (non-hydrogen) atoms. The summed E-state index contributed by atoms with van der Waals surface area (Å²) in [6.07, 6.45) is 3.55. The van der Waals surface area contributed by atoms with E-state index in [0.29, 0.717) is 12.2 Å². The van der Waals surface area contributed by atoms with Crippen molar-refractivity contribution in [2.45, 2.75) is 57.5 Å². The molecule has 1 N–H and O–H groups in total. The summed E-state index contributed by atoms with van der Waals surface area (Å²) in [7, 11) is -3.78. The van der Waals surface area contributed by atoms with Crippen LogP contribution in [0, 0.1) is 6.92 Å². The lowest BCUT2D eigenvalue weighted by Crippen LogP contribution is -2.43. The number of anilines is 1. The first-order valence-electron chi connectivity index (χ1n) is 10.9. The highest BCUT2D eigenvalue weighted by Crippen LogP contribution is 2.24. The van der Waals surface area contributed by atoms with E-state index >= 15 is 0 Å². The van der Waals surface area contributed by atoms with Gasteiger partial charge in [0.25, 0.3) is 10.0 Å². The molecule has 0 saturated carbocycles. The van der Waals surface area contributed by atoms with Crippen molar-refractivity contribution in [1.29, 1.82) is 0 Å². The zero-order valence-electron chi connectivity index (χ0n) is 18.5. The molecule has 0 aliphatic rings. The highest BCUT2D eigenvalue weighted by atomic mass is 32.2. The first kappa shape index (κ1) is 24.4. The van der Waals surface area contributed by atoms with Crippen molar-refractivity contribution in [1.82, 2.24) is 4.90 Å². The van der Waals surface area contributed by atoms with Crippen LogP contribution in [0.2, 0.25) is 0 Å². The zero-order chi connectivity index (χ0) is 22.0. The maximum absolute atomic E-state index is 13.4. The highest BCUT2D eigenvalue weighted by Gasteiger charge is 2.27. The molecule has 166 valence electrons. The molecule has 2 aromatic rings. The van der Waals surface area contributed by atoms with Crippen LogP contribution in [0.4, 0.5) is 5.69 Å². The van der Waals surface area contributed by atoms with Crippen LogP contribution >= 0.6 is 0 Å². The van der Waals surface area contributed by atoms with Crippen molar-refractivity contribution in [3.63, 3.8) is 0 Å². The number of para-hydroxylation sites is 1. The van der Waals surface area contributed by atoms with Gasteiger partial charge in [-0.15, -0.1) is 0 Å². The predicted molar refractivity (Wildman–Crippen MR) is 124 cm³/mol. The number of hydrogen-bond donors (Lipinski definition) is 1. The van der Waals surface area contributed by atoms with Gasteiger partial charge < -0.3 is 10.0 Å². The first-order chi connectivity index (χ1) is 14.4. The molecular formula is C24H36N2O3S. The van der Waals surface area contributed by atoms with Gasteiger partial charge in [0.1, 0.15) is 0 Å². The Bertz CT molecular complexity index is 831. The molecule has 0 bridgehead atoms. The number of aliphatic hydroxyl groups excluding tert-OH is 1. The molecule has 0 aliphatic heterocycles. The Hall–Kier alpha value is -1.89. The maximum Gasteiger partial charge on any atom is 0.264 e. The molecule has 2 rings (SSSR count). The summed E-state index contributed by atoms with van der Waals surface area (Å²) in [6.45, 7) is 8.56. The summed E-state index contributed by atoms with van der Waals surface area (Å²) >= 11 is 0. The Morgan fingerprint density at radius 3 is 1.97 bits per heavy atom. The molecule has 0 amide bonds. The van der Waals surface area contributed by atoms with E-state index in [9.17, 15) is 13.5 Å². The first-order valence-corrected chi connectivity index (χ1v) is 12.4. The van der Waals surface area contributed by atoms with Crippen LogP contribution in [0.1, 0.15) is 45.1 Å². The minimum absolute atomic E-state index is 0.0228. The van der Waals surface area contributed by atoms with E-state index in [1.807, 2.05) is 25.1 Å². The number of rotatable bonds is 13. The summed E-state index contributed by atoms with van der Waals surface area (Å²) in [5, 5.41) is 10.9. The molecule has 0 aromatic heterocycles. The summed E-state index contributed by atoms with van der Waals surface area (Å²) in [5.41, 5.74) is 1.56. The number of nitrogens with zero attached hydrogens (tertiary/aromatic N) is 2. The summed E-state index contributed by atoms with van der Waals surface area (Å²) in [6, 6.07) is 15.9. The van der Waals surface area contributed by atoms with Gasteiger partial charge in [-0.2, -0.15) is 0 Å². The van der Waals surface area contributed by atoms with Crippen LogP contribution in [-0.2, 0) is 10.0 Å². The predicted octanol–water partition coefficient (Wildman–Crippen LogP) is 4.45. The quantitative estimate of drug-likeness (QED) is 0.508. The van der Waals surface area contributed by atoms with Gasteiger partial charge >= 0.3 is 0 Å². The van der Waals surface area contributed by atoms with Crippen LogP contribution in [0.3, 0.4) is 0 Å². The van der Waals surface area contributed by atoms with Crippen LogP contribution in [-0.4, -0.2) is 50.7 Å². The van der Waals surface area contributed by atoms with E-state index in [4.69, 9.17) is 0 Å². The molecule has 5 nitrogen and oxygen atoms in total. The van der Waals surface area contributed by atoms with Gasteiger partial charge in [0, 0.05) is 6.54 Å². The van der Waals surface area contributed by atoms with Gasteiger partial charge in [-0.1, -0.05) is 62.6 Å². The molecule has 0 radical (unpaired) electrons. The fourth-order valence-electron chi connectivity index (χ4n) is 3.38. The van der Waals surface area contributed by atoms with E-state index in [1.165, 1.54) is 4.31 Å². The number of hydrogen-bond acceptors (Lipinski definition) is 4. The van der Waals surface area contributed by atoms with E-state index in [0.717, 1.165) is 44.3 Å². The standard InChI is InChI=1S/C24H36N2O3S/c1-4-6-17-25(18-7-5-2)19-23(27)20-26(22-11-9-8-10-12-22)30(28,29)24-15-13-21(3)14-16-24/h8-16,23,27H,4-7,17-20H2,1-3H3/t23-/m0/s1. The van der Waals surface area contributed by atoms with Gasteiger partial charge in [-0.3, -0.25) is 4.31 Å². The Morgan fingerprint density at radius 2 is 1.43 bits per heavy atom. The fourth-order valence-corrected chi connectivity index (χ4v) is 4.88. The fraction of sp³-hybridized carbons (Fsp3) is 0.500. The summed E-state index contributed by atoms with van der Waals surface area (Å²) in [4.78, 5) is 2.48. The van der Waals surface area contributed by atoms with Gasteiger partial charge in [0.15, 0.2) is 0 Å². The van der Waals surface area contributed by atoms with Crippen molar-refractivity contribution in [2.24, 2.45) is 0 Å². The molecule has 2 aromatic carbocycles. The van der Waals surface area contributed by atoms with Crippen molar-refractivity contribution in [2.75, 3.05) is 30.5 Å². The van der Waals surface area contributed by atoms with Crippen molar-refractivity contribution in [3.05, 3.63) is 60.2 Å². The van der Waals surface area contributed by atoms with Crippen LogP contribution in [0.5, 0.6) is 0 Å². The second-order valence-electron chi connectivity index (χ2n) is 7.85. The Morgan fingerprint density at radius 1 is 0.867 bits per heavy atom. The number of unbranched alkanes of at least 4 members (excludes halogenated alkanes) is 2. The Kier molecular flexibility index (Phi) is 9.82. The molecule has 0 unspecified atom stereocenters. The molecule has 0 heterocycles. The monoisotopic (exact) mass is 432 g/mol. The second-order valence-corrected chi connectivity index (χ2v) is 9.71. The van der Waals surface area contributed by atoms with Gasteiger partial charge in [0.05, 0.1) is 23.2 Å². The Labute approximate surface area is 182 Å². The number of benzene rings is 2. The number of aliphatic hydroxyl groups is 1. The van der Waals surface area contributed by atoms with E-state index < -0.39 is 16.1 Å². The second kappa shape index (κ2) is 12.1. The largest absolute Gasteiger partial charge is 0.390 e. The van der Waals surface area contributed by atoms with Crippen LogP contribution in [0.25, 0.3) is 0 Å². The van der Waals surface area contributed by atoms with Crippen molar-refractivity contribution >= 4 is 15.7 Å². The molecule has 6 heteroatoms. The van der Waals surface area contributed by atoms with Crippen LogP contribution < -0.4 is 4.31 Å². The maximum atomic E-state index is 13.4. The van der Waals surface area contributed by atoms with Gasteiger partial charge in [-0.25, -0.2) is 8.42 Å². The zero-order valence-corrected chi connectivity index (χ0v) is 19.3. The Balaban J connectivity index is 2.24. The van der Waals surface area contributed by atoms with Crippen molar-refractivity contribution < 1.29 is 13.5 Å². The minimum atomic E-state index is -3.78. The minimum Gasteiger partial charge on any atom is -0.390 e. The van der Waals surface area contributed by atoms with Crippen LogP contribution in [0.15, 0.2) is 59.5 Å².